The number of nitrogens with zero attached hydrogens (tertiary/aromatic N) is 3. The van der Waals surface area contributed by atoms with Crippen LogP contribution in [-0.2, 0) is 19.7 Å². The number of hydrogen-bond acceptors (Lipinski definition) is 5. The molecule has 8 heteroatoms. The molecule has 0 spiro atoms. The summed E-state index contributed by atoms with van der Waals surface area (Å²) < 4.78 is 7.08. The van der Waals surface area contributed by atoms with Gasteiger partial charge in [0.1, 0.15) is 6.04 Å². The van der Waals surface area contributed by atoms with Crippen LogP contribution in [0.3, 0.4) is 0 Å². The van der Waals surface area contributed by atoms with E-state index in [1.165, 1.54) is 6.92 Å². The van der Waals surface area contributed by atoms with Crippen molar-refractivity contribution < 1.29 is 19.1 Å². The summed E-state index contributed by atoms with van der Waals surface area (Å²) in [5.74, 6) is -0.318. The predicted octanol–water partition coefficient (Wildman–Crippen LogP) is 3.07. The zero-order chi connectivity index (χ0) is 23.3. The fourth-order valence-corrected chi connectivity index (χ4v) is 4.03. The largest absolute Gasteiger partial charge is 0.461 e. The average Bonchev–Trinajstić information content (AvgIpc) is 3.12. The Hall–Kier alpha value is -2.38. The molecule has 8 nitrogen and oxygen atoms in total. The number of amides is 2. The molecule has 1 saturated heterocycles. The highest BCUT2D eigenvalue weighted by molar-refractivity contribution is 5.87. The number of carbonyl (C=O) groups excluding carboxylic acids is 3. The Morgan fingerprint density at radius 2 is 1.84 bits per heavy atom. The molecule has 1 unspecified atom stereocenters. The summed E-state index contributed by atoms with van der Waals surface area (Å²) in [7, 11) is 0. The first-order valence-electron chi connectivity index (χ1n) is 11.3. The average molecular weight is 435 g/mol. The standard InChI is InChI=1S/C23H38N4O4/c1-8-31-22(30)19-14-20(23(5,6)7)27(25-19)17-9-11-26(12-10-17)21(29)18(13-15(2)3)24-16(4)28/h14-15,17-18H,8-13H2,1-7H3,(H,24,28). The van der Waals surface area contributed by atoms with E-state index in [1.54, 1.807) is 6.92 Å². The van der Waals surface area contributed by atoms with Crippen molar-refractivity contribution in [2.24, 2.45) is 5.92 Å². The SMILES string of the molecule is CCOC(=O)c1cc(C(C)(C)C)n(C2CCN(C(=O)C(CC(C)C)NC(C)=O)CC2)n1. The van der Waals surface area contributed by atoms with Gasteiger partial charge in [0, 0.05) is 31.1 Å². The quantitative estimate of drug-likeness (QED) is 0.666. The van der Waals surface area contributed by atoms with Crippen molar-refractivity contribution in [1.82, 2.24) is 20.0 Å². The molecule has 1 N–H and O–H groups in total. The maximum atomic E-state index is 13.0. The van der Waals surface area contributed by atoms with Gasteiger partial charge in [-0.1, -0.05) is 34.6 Å². The maximum absolute atomic E-state index is 13.0. The van der Waals surface area contributed by atoms with Gasteiger partial charge in [0.15, 0.2) is 5.69 Å². The van der Waals surface area contributed by atoms with Crippen molar-refractivity contribution in [1.29, 1.82) is 0 Å². The minimum atomic E-state index is -0.487. The lowest BCUT2D eigenvalue weighted by Gasteiger charge is -2.36. The zero-order valence-corrected chi connectivity index (χ0v) is 20.0. The number of hydrogen-bond donors (Lipinski definition) is 1. The molecule has 1 aliphatic rings. The summed E-state index contributed by atoms with van der Waals surface area (Å²) in [6.07, 6.45) is 2.11. The third-order valence-corrected chi connectivity index (χ3v) is 5.49. The fourth-order valence-electron chi connectivity index (χ4n) is 4.03. The van der Waals surface area contributed by atoms with E-state index in [0.29, 0.717) is 37.7 Å². The molecule has 1 aromatic rings. The molecule has 0 saturated carbocycles. The van der Waals surface area contributed by atoms with Crippen LogP contribution in [0.25, 0.3) is 0 Å². The van der Waals surface area contributed by atoms with Crippen LogP contribution in [0.2, 0.25) is 0 Å². The lowest BCUT2D eigenvalue weighted by atomic mass is 9.91. The Morgan fingerprint density at radius 3 is 2.32 bits per heavy atom. The van der Waals surface area contributed by atoms with Gasteiger partial charge in [0.2, 0.25) is 11.8 Å². The van der Waals surface area contributed by atoms with E-state index < -0.39 is 12.0 Å². The highest BCUT2D eigenvalue weighted by Gasteiger charge is 2.33. The zero-order valence-electron chi connectivity index (χ0n) is 20.0. The van der Waals surface area contributed by atoms with E-state index in [9.17, 15) is 14.4 Å². The van der Waals surface area contributed by atoms with E-state index in [4.69, 9.17) is 4.74 Å². The molecule has 2 heterocycles. The van der Waals surface area contributed by atoms with E-state index in [1.807, 2.05) is 29.5 Å². The van der Waals surface area contributed by atoms with Crippen LogP contribution < -0.4 is 5.32 Å². The molecule has 1 aromatic heterocycles. The van der Waals surface area contributed by atoms with Crippen molar-refractivity contribution in [3.63, 3.8) is 0 Å². The molecule has 2 rings (SSSR count). The highest BCUT2D eigenvalue weighted by atomic mass is 16.5. The van der Waals surface area contributed by atoms with E-state index in [2.05, 4.69) is 31.2 Å². The highest BCUT2D eigenvalue weighted by Crippen LogP contribution is 2.31. The summed E-state index contributed by atoms with van der Waals surface area (Å²) >= 11 is 0. The van der Waals surface area contributed by atoms with Crippen molar-refractivity contribution >= 4 is 17.8 Å². The lowest BCUT2D eigenvalue weighted by Crippen LogP contribution is -2.51. The van der Waals surface area contributed by atoms with Crippen LogP contribution in [0.15, 0.2) is 6.07 Å². The molecule has 31 heavy (non-hydrogen) atoms. The second kappa shape index (κ2) is 10.3. The molecule has 1 aliphatic heterocycles. The molecule has 0 aromatic carbocycles. The minimum absolute atomic E-state index is 0.0222. The first kappa shape index (κ1) is 24.9. The van der Waals surface area contributed by atoms with Crippen LogP contribution in [0, 0.1) is 5.92 Å². The van der Waals surface area contributed by atoms with Gasteiger partial charge in [-0.05, 0) is 38.2 Å². The van der Waals surface area contributed by atoms with Gasteiger partial charge in [-0.25, -0.2) is 4.79 Å². The molecule has 1 fully saturated rings. The van der Waals surface area contributed by atoms with Gasteiger partial charge in [-0.15, -0.1) is 0 Å². The summed E-state index contributed by atoms with van der Waals surface area (Å²) in [4.78, 5) is 38.7. The topological polar surface area (TPSA) is 93.5 Å². The Kier molecular flexibility index (Phi) is 8.26. The number of nitrogens with one attached hydrogen (secondary N) is 1. The lowest BCUT2D eigenvalue weighted by molar-refractivity contribution is -0.137. The molecular formula is C23H38N4O4. The molecule has 1 atom stereocenters. The number of likely N-dealkylation sites (tertiary alicyclic amines) is 1. The van der Waals surface area contributed by atoms with Gasteiger partial charge >= 0.3 is 5.97 Å². The van der Waals surface area contributed by atoms with Crippen LogP contribution >= 0.6 is 0 Å². The second-order valence-electron chi connectivity index (χ2n) is 9.77. The predicted molar refractivity (Wildman–Crippen MR) is 119 cm³/mol. The van der Waals surface area contributed by atoms with E-state index in [0.717, 1.165) is 18.5 Å². The third kappa shape index (κ3) is 6.55. The molecular weight excluding hydrogens is 396 g/mol. The number of rotatable bonds is 7. The second-order valence-corrected chi connectivity index (χ2v) is 9.77. The van der Waals surface area contributed by atoms with Crippen LogP contribution in [0.5, 0.6) is 0 Å². The van der Waals surface area contributed by atoms with E-state index in [-0.39, 0.29) is 23.3 Å². The molecule has 0 bridgehead atoms. The number of carbonyl (C=O) groups is 3. The fraction of sp³-hybridized carbons (Fsp3) is 0.739. The monoisotopic (exact) mass is 434 g/mol. The van der Waals surface area contributed by atoms with Gasteiger partial charge in [0.25, 0.3) is 0 Å². The van der Waals surface area contributed by atoms with Crippen LogP contribution in [0.4, 0.5) is 0 Å². The maximum Gasteiger partial charge on any atom is 0.358 e. The third-order valence-electron chi connectivity index (χ3n) is 5.49. The van der Waals surface area contributed by atoms with Gasteiger partial charge in [-0.3, -0.25) is 14.3 Å². The summed E-state index contributed by atoms with van der Waals surface area (Å²) in [6, 6.07) is 1.44. The van der Waals surface area contributed by atoms with Crippen LogP contribution in [-0.4, -0.2) is 58.2 Å². The summed E-state index contributed by atoms with van der Waals surface area (Å²) in [6.45, 7) is 15.1. The number of ether oxygens (including phenoxy) is 1. The first-order chi connectivity index (χ1) is 14.4. The Bertz CT molecular complexity index is 786. The van der Waals surface area contributed by atoms with E-state index >= 15 is 0 Å². The van der Waals surface area contributed by atoms with Gasteiger partial charge in [-0.2, -0.15) is 5.10 Å². The Labute approximate surface area is 185 Å². The number of esters is 1. The molecule has 0 radical (unpaired) electrons. The molecule has 0 aliphatic carbocycles. The molecule has 174 valence electrons. The Balaban J connectivity index is 2.15. The van der Waals surface area contributed by atoms with Crippen LogP contribution in [0.1, 0.15) is 90.0 Å². The molecule has 2 amide bonds. The smallest absolute Gasteiger partial charge is 0.358 e. The minimum Gasteiger partial charge on any atom is -0.461 e. The summed E-state index contributed by atoms with van der Waals surface area (Å²) in [5, 5.41) is 7.39. The normalized spacial score (nSPS) is 16.3. The van der Waals surface area contributed by atoms with Gasteiger partial charge < -0.3 is 15.0 Å². The van der Waals surface area contributed by atoms with Crippen molar-refractivity contribution in [2.75, 3.05) is 19.7 Å². The number of aromatic nitrogens is 2. The number of piperidine rings is 1. The van der Waals surface area contributed by atoms with Crippen molar-refractivity contribution in [3.8, 4) is 0 Å². The summed E-state index contributed by atoms with van der Waals surface area (Å²) in [5.41, 5.74) is 1.13. The Morgan fingerprint density at radius 1 is 1.23 bits per heavy atom. The van der Waals surface area contributed by atoms with Crippen molar-refractivity contribution in [2.45, 2.75) is 85.2 Å². The van der Waals surface area contributed by atoms with Gasteiger partial charge in [0.05, 0.1) is 12.6 Å². The van der Waals surface area contributed by atoms with Crippen molar-refractivity contribution in [3.05, 3.63) is 17.5 Å². The first-order valence-corrected chi connectivity index (χ1v) is 11.3.